The van der Waals surface area contributed by atoms with Gasteiger partial charge in [-0.15, -0.1) is 0 Å². The van der Waals surface area contributed by atoms with Crippen LogP contribution in [0.1, 0.15) is 23.5 Å². The molecule has 2 bridgehead atoms. The Bertz CT molecular complexity index is 710. The molecule has 0 aliphatic heterocycles. The molecule has 6 heteroatoms. The summed E-state index contributed by atoms with van der Waals surface area (Å²) in [7, 11) is 0. The van der Waals surface area contributed by atoms with Gasteiger partial charge in [0.1, 0.15) is 0 Å². The number of hydrogen-bond donors (Lipinski definition) is 1. The maximum atomic E-state index is 12.1. The van der Waals surface area contributed by atoms with Gasteiger partial charge in [-0.25, -0.2) is 0 Å². The Morgan fingerprint density at radius 3 is 2.86 bits per heavy atom. The molecular weight excluding hydrogens is 280 g/mol. The highest BCUT2D eigenvalue weighted by Gasteiger charge is 2.35. The zero-order chi connectivity index (χ0) is 14.9. The van der Waals surface area contributed by atoms with Gasteiger partial charge in [-0.1, -0.05) is 17.3 Å². The second-order valence-corrected chi connectivity index (χ2v) is 5.91. The van der Waals surface area contributed by atoms with Gasteiger partial charge >= 0.3 is 11.8 Å². The average Bonchev–Trinajstić information content (AvgIpc) is 3.29. The first-order valence-electron chi connectivity index (χ1n) is 7.50. The van der Waals surface area contributed by atoms with Gasteiger partial charge in [0, 0.05) is 24.5 Å². The van der Waals surface area contributed by atoms with E-state index in [2.05, 4.69) is 32.6 Å². The fourth-order valence-electron chi connectivity index (χ4n) is 3.36. The van der Waals surface area contributed by atoms with Crippen molar-refractivity contribution < 1.29 is 9.32 Å². The number of nitrogens with zero attached hydrogens (tertiary/aromatic N) is 3. The van der Waals surface area contributed by atoms with E-state index in [-0.39, 0.29) is 11.8 Å². The number of carbonyl (C=O) groups is 1. The zero-order valence-corrected chi connectivity index (χ0v) is 12.0. The van der Waals surface area contributed by atoms with Crippen molar-refractivity contribution in [1.29, 1.82) is 0 Å². The third-order valence-corrected chi connectivity index (χ3v) is 4.50. The largest absolute Gasteiger partial charge is 0.348 e. The molecule has 0 saturated heterocycles. The Kier molecular flexibility index (Phi) is 3.21. The zero-order valence-electron chi connectivity index (χ0n) is 12.0. The Balaban J connectivity index is 1.39. The number of amides is 1. The molecule has 1 amide bonds. The molecule has 4 rings (SSSR count). The summed E-state index contributed by atoms with van der Waals surface area (Å²) in [5.74, 6) is 1.94. The lowest BCUT2D eigenvalue weighted by Gasteiger charge is -2.17. The number of nitrogens with one attached hydrogen (secondary N) is 1. The topological polar surface area (TPSA) is 80.9 Å². The summed E-state index contributed by atoms with van der Waals surface area (Å²) in [6, 6.07) is 3.54. The normalized spacial score (nSPS) is 25.5. The fourth-order valence-corrected chi connectivity index (χ4v) is 3.36. The van der Waals surface area contributed by atoms with Gasteiger partial charge in [-0.3, -0.25) is 9.78 Å². The van der Waals surface area contributed by atoms with E-state index in [1.807, 2.05) is 0 Å². The van der Waals surface area contributed by atoms with Crippen molar-refractivity contribution in [1.82, 2.24) is 20.4 Å². The number of allylic oxidation sites excluding steroid dienone is 2. The molecule has 1 fully saturated rings. The molecule has 2 aliphatic carbocycles. The Labute approximate surface area is 127 Å². The highest BCUT2D eigenvalue weighted by atomic mass is 16.5. The van der Waals surface area contributed by atoms with Gasteiger partial charge in [0.05, 0.1) is 0 Å². The maximum Gasteiger partial charge on any atom is 0.316 e. The average molecular weight is 296 g/mol. The molecule has 2 aromatic heterocycles. The molecule has 2 heterocycles. The molecular formula is C16H16N4O2. The molecule has 0 aromatic carbocycles. The lowest BCUT2D eigenvalue weighted by Crippen LogP contribution is -2.31. The van der Waals surface area contributed by atoms with Crippen LogP contribution < -0.4 is 5.32 Å². The number of hydrogen-bond acceptors (Lipinski definition) is 5. The lowest BCUT2D eigenvalue weighted by atomic mass is 9.94. The highest BCUT2D eigenvalue weighted by Crippen LogP contribution is 2.42. The molecule has 2 aromatic rings. The van der Waals surface area contributed by atoms with Crippen molar-refractivity contribution in [2.45, 2.75) is 12.8 Å². The first kappa shape index (κ1) is 13.2. The summed E-state index contributed by atoms with van der Waals surface area (Å²) in [5, 5.41) is 6.75. The van der Waals surface area contributed by atoms with E-state index in [1.54, 1.807) is 24.5 Å². The first-order chi connectivity index (χ1) is 10.8. The number of rotatable bonds is 4. The van der Waals surface area contributed by atoms with Gasteiger partial charge in [0.2, 0.25) is 5.82 Å². The summed E-state index contributed by atoms with van der Waals surface area (Å²) < 4.78 is 5.05. The summed E-state index contributed by atoms with van der Waals surface area (Å²) in [4.78, 5) is 20.2. The minimum atomic E-state index is -0.306. The number of fused-ring (bicyclic) bond motifs is 2. The van der Waals surface area contributed by atoms with Crippen molar-refractivity contribution in [3.8, 4) is 11.4 Å². The minimum Gasteiger partial charge on any atom is -0.348 e. The third-order valence-electron chi connectivity index (χ3n) is 4.50. The van der Waals surface area contributed by atoms with Gasteiger partial charge in [-0.05, 0) is 42.7 Å². The number of aromatic nitrogens is 3. The minimum absolute atomic E-state index is 0.00510. The second kappa shape index (κ2) is 5.36. The van der Waals surface area contributed by atoms with Crippen LogP contribution in [0, 0.1) is 17.8 Å². The molecule has 6 nitrogen and oxygen atoms in total. The van der Waals surface area contributed by atoms with Crippen LogP contribution in [0.5, 0.6) is 0 Å². The first-order valence-corrected chi connectivity index (χ1v) is 7.50. The van der Waals surface area contributed by atoms with Crippen LogP contribution in [-0.4, -0.2) is 27.6 Å². The lowest BCUT2D eigenvalue weighted by molar-refractivity contribution is 0.0901. The van der Waals surface area contributed by atoms with E-state index in [0.29, 0.717) is 30.1 Å². The fraction of sp³-hybridized carbons (Fsp3) is 0.375. The number of carbonyl (C=O) groups excluding carboxylic acids is 1. The molecule has 3 atom stereocenters. The van der Waals surface area contributed by atoms with E-state index < -0.39 is 0 Å². The van der Waals surface area contributed by atoms with Crippen molar-refractivity contribution in [3.05, 3.63) is 42.6 Å². The summed E-state index contributed by atoms with van der Waals surface area (Å²) in [6.45, 7) is 0.664. The molecule has 0 spiro atoms. The van der Waals surface area contributed by atoms with Crippen molar-refractivity contribution >= 4 is 5.91 Å². The molecule has 2 aliphatic rings. The van der Waals surface area contributed by atoms with Gasteiger partial charge in [-0.2, -0.15) is 4.98 Å². The van der Waals surface area contributed by atoms with Crippen LogP contribution in [0.2, 0.25) is 0 Å². The summed E-state index contributed by atoms with van der Waals surface area (Å²) in [6.07, 6.45) is 10.3. The van der Waals surface area contributed by atoms with E-state index >= 15 is 0 Å². The van der Waals surface area contributed by atoms with E-state index in [4.69, 9.17) is 4.52 Å². The molecule has 22 heavy (non-hydrogen) atoms. The quantitative estimate of drug-likeness (QED) is 0.874. The van der Waals surface area contributed by atoms with Crippen LogP contribution in [0.25, 0.3) is 11.4 Å². The summed E-state index contributed by atoms with van der Waals surface area (Å²) in [5.41, 5.74) is 0.774. The van der Waals surface area contributed by atoms with Crippen molar-refractivity contribution in [3.63, 3.8) is 0 Å². The smallest absolute Gasteiger partial charge is 0.316 e. The van der Waals surface area contributed by atoms with E-state index in [1.165, 1.54) is 6.42 Å². The van der Waals surface area contributed by atoms with E-state index in [0.717, 1.165) is 12.0 Å². The third kappa shape index (κ3) is 2.41. The van der Waals surface area contributed by atoms with Crippen LogP contribution in [-0.2, 0) is 0 Å². The van der Waals surface area contributed by atoms with Crippen molar-refractivity contribution in [2.24, 2.45) is 17.8 Å². The Hall–Kier alpha value is -2.50. The van der Waals surface area contributed by atoms with Gasteiger partial charge in [0.25, 0.3) is 0 Å². The molecule has 112 valence electrons. The molecule has 1 N–H and O–H groups in total. The maximum absolute atomic E-state index is 12.1. The van der Waals surface area contributed by atoms with Gasteiger partial charge in [0.15, 0.2) is 0 Å². The van der Waals surface area contributed by atoms with Crippen LogP contribution in [0.4, 0.5) is 0 Å². The second-order valence-electron chi connectivity index (χ2n) is 5.91. The van der Waals surface area contributed by atoms with E-state index in [9.17, 15) is 4.79 Å². The number of pyridine rings is 1. The monoisotopic (exact) mass is 296 g/mol. The predicted octanol–water partition coefficient (Wildman–Crippen LogP) is 2.07. The van der Waals surface area contributed by atoms with Crippen LogP contribution in [0.15, 0.2) is 41.2 Å². The SMILES string of the molecule is O=C(NC[C@H]1C[C@@H]2C=C[C@H]1C2)c1nc(-c2ccncc2)no1. The standard InChI is InChI=1S/C16H16N4O2/c21-15(18-9-13-8-10-1-2-12(13)7-10)16-19-14(20-22-16)11-3-5-17-6-4-11/h1-6,10,12-13H,7-9H2,(H,18,21)/t10-,12+,13-/m1/s1. The van der Waals surface area contributed by atoms with Crippen molar-refractivity contribution in [2.75, 3.05) is 6.54 Å². The molecule has 1 saturated carbocycles. The highest BCUT2D eigenvalue weighted by molar-refractivity contribution is 5.89. The summed E-state index contributed by atoms with van der Waals surface area (Å²) >= 11 is 0. The molecule has 0 unspecified atom stereocenters. The van der Waals surface area contributed by atoms with Crippen LogP contribution in [0.3, 0.4) is 0 Å². The van der Waals surface area contributed by atoms with Crippen LogP contribution >= 0.6 is 0 Å². The Morgan fingerprint density at radius 1 is 1.27 bits per heavy atom. The predicted molar refractivity (Wildman–Crippen MR) is 78.7 cm³/mol. The molecule has 0 radical (unpaired) electrons. The Morgan fingerprint density at radius 2 is 2.14 bits per heavy atom. The van der Waals surface area contributed by atoms with Gasteiger partial charge < -0.3 is 9.84 Å².